The summed E-state index contributed by atoms with van der Waals surface area (Å²) in [6.45, 7) is 6.92. The van der Waals surface area contributed by atoms with Gasteiger partial charge in [-0.05, 0) is 70.6 Å². The number of hydrogen-bond donors (Lipinski definition) is 1. The average Bonchev–Trinajstić information content (AvgIpc) is 2.72. The third-order valence-electron chi connectivity index (χ3n) is 4.69. The zero-order chi connectivity index (χ0) is 15.5. The van der Waals surface area contributed by atoms with Crippen LogP contribution in [-0.2, 0) is 0 Å². The second-order valence-corrected chi connectivity index (χ2v) is 7.29. The monoisotopic (exact) mass is 328 g/mol. The highest BCUT2D eigenvalue weighted by Gasteiger charge is 2.36. The second kappa shape index (κ2) is 7.32. The van der Waals surface area contributed by atoms with Gasteiger partial charge in [0.2, 0.25) is 0 Å². The molecule has 1 aromatic rings. The van der Waals surface area contributed by atoms with E-state index in [0.29, 0.717) is 0 Å². The summed E-state index contributed by atoms with van der Waals surface area (Å²) < 4.78 is 0. The first-order chi connectivity index (χ1) is 9.96. The predicted molar refractivity (Wildman–Crippen MR) is 92.4 cm³/mol. The smallest absolute Gasteiger partial charge is 0.0514 e. The zero-order valence-electron chi connectivity index (χ0n) is 13.3. The first-order valence-electron chi connectivity index (χ1n) is 7.84. The SMILES string of the molecule is CNC(c1cc(Cl)ccc1Cl)C(C)(C)N1CCCCCC1. The summed E-state index contributed by atoms with van der Waals surface area (Å²) >= 11 is 12.6. The highest BCUT2D eigenvalue weighted by atomic mass is 35.5. The largest absolute Gasteiger partial charge is 0.311 e. The van der Waals surface area contributed by atoms with Crippen molar-refractivity contribution in [1.29, 1.82) is 0 Å². The molecule has 1 atom stereocenters. The molecule has 1 aliphatic heterocycles. The molecule has 1 saturated heterocycles. The van der Waals surface area contributed by atoms with Gasteiger partial charge in [0.25, 0.3) is 0 Å². The first-order valence-corrected chi connectivity index (χ1v) is 8.59. The minimum absolute atomic E-state index is 0.00654. The second-order valence-electron chi connectivity index (χ2n) is 6.44. The van der Waals surface area contributed by atoms with Crippen molar-refractivity contribution < 1.29 is 0 Å². The summed E-state index contributed by atoms with van der Waals surface area (Å²) in [6, 6.07) is 5.88. The van der Waals surface area contributed by atoms with E-state index in [9.17, 15) is 0 Å². The number of likely N-dealkylation sites (N-methyl/N-ethyl adjacent to an activating group) is 1. The van der Waals surface area contributed by atoms with E-state index in [1.54, 1.807) is 0 Å². The van der Waals surface area contributed by atoms with E-state index in [2.05, 4.69) is 24.1 Å². The first kappa shape index (κ1) is 17.1. The van der Waals surface area contributed by atoms with Gasteiger partial charge in [-0.3, -0.25) is 4.90 Å². The summed E-state index contributed by atoms with van der Waals surface area (Å²) in [5.41, 5.74) is 1.08. The highest BCUT2D eigenvalue weighted by molar-refractivity contribution is 6.33. The molecule has 4 heteroatoms. The van der Waals surface area contributed by atoms with Gasteiger partial charge in [-0.15, -0.1) is 0 Å². The maximum absolute atomic E-state index is 6.43. The van der Waals surface area contributed by atoms with E-state index < -0.39 is 0 Å². The number of likely N-dealkylation sites (tertiary alicyclic amines) is 1. The molecule has 0 aromatic heterocycles. The van der Waals surface area contributed by atoms with Crippen molar-refractivity contribution in [2.75, 3.05) is 20.1 Å². The molecule has 21 heavy (non-hydrogen) atoms. The van der Waals surface area contributed by atoms with E-state index in [0.717, 1.165) is 28.7 Å². The lowest BCUT2D eigenvalue weighted by Gasteiger charge is -2.44. The Hall–Kier alpha value is -0.280. The van der Waals surface area contributed by atoms with Gasteiger partial charge in [0.1, 0.15) is 0 Å². The Morgan fingerprint density at radius 1 is 1.10 bits per heavy atom. The summed E-state index contributed by atoms with van der Waals surface area (Å²) in [5, 5.41) is 4.98. The molecule has 1 fully saturated rings. The van der Waals surface area contributed by atoms with E-state index in [4.69, 9.17) is 23.2 Å². The van der Waals surface area contributed by atoms with Crippen molar-refractivity contribution in [2.24, 2.45) is 0 Å². The van der Waals surface area contributed by atoms with Gasteiger partial charge >= 0.3 is 0 Å². The van der Waals surface area contributed by atoms with Crippen LogP contribution in [0.2, 0.25) is 10.0 Å². The molecule has 0 radical (unpaired) electrons. The van der Waals surface area contributed by atoms with Crippen LogP contribution in [0.3, 0.4) is 0 Å². The van der Waals surface area contributed by atoms with Crippen LogP contribution in [0.25, 0.3) is 0 Å². The maximum Gasteiger partial charge on any atom is 0.0514 e. The van der Waals surface area contributed by atoms with Gasteiger partial charge in [0.05, 0.1) is 6.04 Å². The van der Waals surface area contributed by atoms with Crippen LogP contribution in [0.15, 0.2) is 18.2 Å². The van der Waals surface area contributed by atoms with Crippen molar-refractivity contribution in [1.82, 2.24) is 10.2 Å². The average molecular weight is 329 g/mol. The fraction of sp³-hybridized carbons (Fsp3) is 0.647. The van der Waals surface area contributed by atoms with Gasteiger partial charge in [-0.2, -0.15) is 0 Å². The number of hydrogen-bond acceptors (Lipinski definition) is 2. The lowest BCUT2D eigenvalue weighted by atomic mass is 9.86. The van der Waals surface area contributed by atoms with Gasteiger partial charge in [-0.1, -0.05) is 36.0 Å². The molecular weight excluding hydrogens is 303 g/mol. The fourth-order valence-electron chi connectivity index (χ4n) is 3.45. The van der Waals surface area contributed by atoms with Gasteiger partial charge in [-0.25, -0.2) is 0 Å². The summed E-state index contributed by atoms with van der Waals surface area (Å²) in [5.74, 6) is 0. The third kappa shape index (κ3) is 3.92. The van der Waals surface area contributed by atoms with Gasteiger partial charge in [0, 0.05) is 15.6 Å². The molecule has 0 aliphatic carbocycles. The third-order valence-corrected chi connectivity index (χ3v) is 5.26. The van der Waals surface area contributed by atoms with Crippen LogP contribution in [0, 0.1) is 0 Å². The highest BCUT2D eigenvalue weighted by Crippen LogP contribution is 2.36. The summed E-state index contributed by atoms with van der Waals surface area (Å²) in [7, 11) is 2.00. The molecule has 1 aliphatic rings. The number of rotatable bonds is 4. The number of halogens is 2. The normalized spacial score (nSPS) is 19.3. The molecule has 0 amide bonds. The molecule has 118 valence electrons. The molecule has 2 nitrogen and oxygen atoms in total. The van der Waals surface area contributed by atoms with E-state index in [1.165, 1.54) is 25.7 Å². The van der Waals surface area contributed by atoms with Crippen LogP contribution in [0.4, 0.5) is 0 Å². The van der Waals surface area contributed by atoms with Crippen molar-refractivity contribution in [3.8, 4) is 0 Å². The standard InChI is InChI=1S/C17H26Cl2N2/c1-17(2,21-10-6-4-5-7-11-21)16(20-3)14-12-13(18)8-9-15(14)19/h8-9,12,16,20H,4-7,10-11H2,1-3H3. The number of nitrogens with one attached hydrogen (secondary N) is 1. The van der Waals surface area contributed by atoms with Crippen molar-refractivity contribution in [3.63, 3.8) is 0 Å². The lowest BCUT2D eigenvalue weighted by molar-refractivity contribution is 0.0865. The Balaban J connectivity index is 2.31. The number of nitrogens with zero attached hydrogens (tertiary/aromatic N) is 1. The summed E-state index contributed by atoms with van der Waals surface area (Å²) in [4.78, 5) is 2.60. The Morgan fingerprint density at radius 3 is 2.29 bits per heavy atom. The van der Waals surface area contributed by atoms with E-state index in [1.807, 2.05) is 25.2 Å². The quantitative estimate of drug-likeness (QED) is 0.844. The lowest BCUT2D eigenvalue weighted by Crippen LogP contribution is -2.52. The minimum Gasteiger partial charge on any atom is -0.311 e. The fourth-order valence-corrected chi connectivity index (χ4v) is 3.86. The van der Waals surface area contributed by atoms with Crippen LogP contribution in [0.1, 0.15) is 51.1 Å². The minimum atomic E-state index is -0.00654. The number of benzene rings is 1. The Morgan fingerprint density at radius 2 is 1.71 bits per heavy atom. The Labute approximate surface area is 138 Å². The molecule has 2 rings (SSSR count). The van der Waals surface area contributed by atoms with E-state index in [-0.39, 0.29) is 11.6 Å². The Kier molecular flexibility index (Phi) is 5.96. The van der Waals surface area contributed by atoms with E-state index >= 15 is 0 Å². The molecule has 0 saturated carbocycles. The van der Waals surface area contributed by atoms with Crippen LogP contribution < -0.4 is 5.32 Å². The summed E-state index contributed by atoms with van der Waals surface area (Å²) in [6.07, 6.45) is 5.25. The van der Waals surface area contributed by atoms with Gasteiger partial charge in [0.15, 0.2) is 0 Å². The molecule has 1 unspecified atom stereocenters. The molecule has 1 N–H and O–H groups in total. The van der Waals surface area contributed by atoms with Crippen LogP contribution in [-0.4, -0.2) is 30.6 Å². The molecule has 1 heterocycles. The maximum atomic E-state index is 6.43. The zero-order valence-corrected chi connectivity index (χ0v) is 14.8. The topological polar surface area (TPSA) is 15.3 Å². The predicted octanol–water partition coefficient (Wildman–Crippen LogP) is 4.91. The van der Waals surface area contributed by atoms with Crippen LogP contribution in [0.5, 0.6) is 0 Å². The van der Waals surface area contributed by atoms with Gasteiger partial charge < -0.3 is 5.32 Å². The Bertz CT molecular complexity index is 466. The molecule has 0 bridgehead atoms. The van der Waals surface area contributed by atoms with Crippen molar-refractivity contribution in [3.05, 3.63) is 33.8 Å². The van der Waals surface area contributed by atoms with Crippen LogP contribution >= 0.6 is 23.2 Å². The van der Waals surface area contributed by atoms with Crippen molar-refractivity contribution in [2.45, 2.75) is 51.1 Å². The molecule has 1 aromatic carbocycles. The van der Waals surface area contributed by atoms with Crippen molar-refractivity contribution >= 4 is 23.2 Å². The molecule has 0 spiro atoms. The molecular formula is C17H26Cl2N2.